The van der Waals surface area contributed by atoms with Crippen molar-refractivity contribution in [2.24, 2.45) is 17.6 Å². The van der Waals surface area contributed by atoms with Gasteiger partial charge < -0.3 is 55.9 Å². The van der Waals surface area contributed by atoms with Crippen LogP contribution in [0, 0.1) is 23.5 Å². The monoisotopic (exact) mass is 1240 g/mol. The summed E-state index contributed by atoms with van der Waals surface area (Å²) in [5.74, 6) is -4.50. The third kappa shape index (κ3) is 21.7. The van der Waals surface area contributed by atoms with Crippen molar-refractivity contribution in [2.45, 2.75) is 128 Å². The maximum atomic E-state index is 14.2. The number of benzene rings is 4. The van der Waals surface area contributed by atoms with Gasteiger partial charge in [0.05, 0.1) is 42.2 Å². The van der Waals surface area contributed by atoms with Gasteiger partial charge in [0.1, 0.15) is 34.3 Å². The second kappa shape index (κ2) is 32.0. The molecule has 8 rings (SSSR count). The number of aliphatic hydroxyl groups is 2. The molecular weight excluding hydrogens is 1150 g/mol. The van der Waals surface area contributed by atoms with Crippen LogP contribution in [0.2, 0.25) is 0 Å². The summed E-state index contributed by atoms with van der Waals surface area (Å²) >= 11 is 0. The number of nitrogens with two attached hydrogens (primary N) is 1. The van der Waals surface area contributed by atoms with Gasteiger partial charge in [-0.25, -0.2) is 18.4 Å². The molecular formula is C66H88F2N8O13. The molecule has 0 saturated carbocycles. The second-order valence-corrected chi connectivity index (χ2v) is 25.0. The number of piperazine rings is 2. The van der Waals surface area contributed by atoms with Gasteiger partial charge in [-0.1, -0.05) is 72.8 Å². The van der Waals surface area contributed by atoms with Gasteiger partial charge in [0.15, 0.2) is 0 Å². The zero-order valence-electron chi connectivity index (χ0n) is 51.8. The number of aliphatic hydroxyl groups excluding tert-OH is 2. The number of aliphatic carboxylic acids is 1. The lowest BCUT2D eigenvalue weighted by molar-refractivity contribution is -0.141. The number of carbonyl (C=O) groups excluding carboxylic acids is 5. The van der Waals surface area contributed by atoms with Gasteiger partial charge in [-0.15, -0.1) is 13.2 Å². The van der Waals surface area contributed by atoms with Crippen molar-refractivity contribution in [1.82, 2.24) is 34.7 Å². The second-order valence-electron chi connectivity index (χ2n) is 25.0. The van der Waals surface area contributed by atoms with Gasteiger partial charge in [0, 0.05) is 110 Å². The number of amides is 5. The van der Waals surface area contributed by atoms with Crippen LogP contribution >= 0.6 is 0 Å². The first kappa shape index (κ1) is 70.1. The normalized spacial score (nSPS) is 20.4. The predicted octanol–water partition coefficient (Wildman–Crippen LogP) is 6.06. The van der Waals surface area contributed by atoms with E-state index in [9.17, 15) is 58.0 Å². The summed E-state index contributed by atoms with van der Waals surface area (Å²) in [5.41, 5.74) is 7.90. The summed E-state index contributed by atoms with van der Waals surface area (Å²) in [6, 6.07) is 23.9. The van der Waals surface area contributed by atoms with Crippen molar-refractivity contribution in [3.8, 4) is 11.5 Å². The van der Waals surface area contributed by atoms with E-state index in [1.165, 1.54) is 34.1 Å². The van der Waals surface area contributed by atoms with Gasteiger partial charge in [-0.2, -0.15) is 0 Å². The fourth-order valence-electron chi connectivity index (χ4n) is 11.2. The van der Waals surface area contributed by atoms with Gasteiger partial charge in [-0.3, -0.25) is 38.8 Å². The van der Waals surface area contributed by atoms with Crippen molar-refractivity contribution in [3.05, 3.63) is 156 Å². The predicted molar refractivity (Wildman–Crippen MR) is 330 cm³/mol. The van der Waals surface area contributed by atoms with Crippen molar-refractivity contribution < 1.29 is 72.6 Å². The maximum absolute atomic E-state index is 14.2. The van der Waals surface area contributed by atoms with Gasteiger partial charge in [-0.05, 0) is 101 Å². The minimum atomic E-state index is -1.31. The van der Waals surface area contributed by atoms with E-state index in [4.69, 9.17) is 20.3 Å². The number of nitrogens with zero attached hydrogens (tertiary/aromatic N) is 6. The van der Waals surface area contributed by atoms with Crippen LogP contribution in [0.5, 0.6) is 11.5 Å². The first-order valence-electron chi connectivity index (χ1n) is 29.9. The van der Waals surface area contributed by atoms with Crippen LogP contribution in [0.4, 0.5) is 18.4 Å². The Hall–Kier alpha value is -7.96. The van der Waals surface area contributed by atoms with Crippen LogP contribution in [-0.2, 0) is 54.6 Å². The van der Waals surface area contributed by atoms with Crippen LogP contribution in [0.25, 0.3) is 0 Å². The number of likely N-dealkylation sites (tertiary alicyclic amines) is 2. The molecule has 89 heavy (non-hydrogen) atoms. The van der Waals surface area contributed by atoms with Crippen LogP contribution < -0.4 is 11.1 Å². The molecule has 0 bridgehead atoms. The number of phenolic OH excluding ortho intramolecular Hbond substituents is 2. The Balaban J connectivity index is 0.000000245. The van der Waals surface area contributed by atoms with Gasteiger partial charge in [0.2, 0.25) is 17.7 Å². The fourth-order valence-corrected chi connectivity index (χ4v) is 11.2. The lowest BCUT2D eigenvalue weighted by Crippen LogP contribution is -2.64. The van der Waals surface area contributed by atoms with E-state index in [1.807, 2.05) is 60.7 Å². The number of carboxylic acid groups (broad SMARTS) is 1. The average Bonchev–Trinajstić information content (AvgIpc) is 2.26. The molecule has 4 aromatic carbocycles. The Bertz CT molecular complexity index is 3020. The summed E-state index contributed by atoms with van der Waals surface area (Å²) in [4.78, 5) is 84.2. The van der Waals surface area contributed by atoms with Gasteiger partial charge >= 0.3 is 18.2 Å². The number of aromatic hydroxyl groups is 2. The molecule has 4 aliphatic rings. The molecule has 4 aliphatic heterocycles. The van der Waals surface area contributed by atoms with Crippen molar-refractivity contribution in [3.63, 3.8) is 0 Å². The Kier molecular flexibility index (Phi) is 25.2. The van der Waals surface area contributed by atoms with Crippen LogP contribution in [0.1, 0.15) is 76.6 Å². The largest absolute Gasteiger partial charge is 0.508 e. The lowest BCUT2D eigenvalue weighted by atomic mass is 9.93. The highest BCUT2D eigenvalue weighted by Crippen LogP contribution is 2.28. The molecule has 0 aliphatic carbocycles. The standard InChI is InChI=1S/C33H43FN4O6.C25H34FN3O4.C8H11NO3/c1-5-11-37-20-24(17-29(37)40)31(42)35-27(16-23-14-25(34)18-26(39)15-23)30(41)28-21-36(19-22-9-7-6-8-10-22)12-13-38(28)32(43)44-33(2,3)4;1-25(2,3)33-24(32)29-10-9-28(15-17-7-5-4-6-8-17)16-22(29)23(31)21(27)13-18-11-19(26)14-20(30)12-18;1-2-3-9-5-6(8(11)12)4-7(9)10/h5-10,14-15,18,24,27-28,30,39,41H,1,11-13,16-17,19-21H2,2-4H3,(H,35,42);4-8,11-12,14,21-23,30-31H,9-10,13,15-16,27H2,1-3H3;2,6H,1,3-5H2,(H,11,12)/t24?,27-,28+,30-;21-,22+,23-;6-/m000/s1. The molecule has 4 heterocycles. The number of rotatable bonds is 19. The molecule has 0 radical (unpaired) electrons. The Morgan fingerprint density at radius 3 is 1.44 bits per heavy atom. The molecule has 0 aromatic heterocycles. The minimum absolute atomic E-state index is 0.0154. The van der Waals surface area contributed by atoms with E-state index < -0.39 is 95.1 Å². The summed E-state index contributed by atoms with van der Waals surface area (Å²) < 4.78 is 39.2. The zero-order chi connectivity index (χ0) is 65.3. The number of halogens is 2. The highest BCUT2D eigenvalue weighted by Gasteiger charge is 2.44. The molecule has 4 saturated heterocycles. The van der Waals surface area contributed by atoms with E-state index in [0.717, 1.165) is 23.3 Å². The average molecular weight is 1240 g/mol. The van der Waals surface area contributed by atoms with E-state index >= 15 is 0 Å². The number of hydrogen-bond acceptors (Lipinski definition) is 15. The quantitative estimate of drug-likeness (QED) is 0.0525. The lowest BCUT2D eigenvalue weighted by Gasteiger charge is -2.45. The molecule has 1 unspecified atom stereocenters. The highest BCUT2D eigenvalue weighted by molar-refractivity contribution is 5.89. The first-order valence-corrected chi connectivity index (χ1v) is 29.9. The molecule has 4 aromatic rings. The number of hydrogen-bond donors (Lipinski definition) is 7. The summed E-state index contributed by atoms with van der Waals surface area (Å²) in [7, 11) is 0. The molecule has 5 amide bonds. The fraction of sp³-hybridized carbons (Fsp3) is 0.485. The van der Waals surface area contributed by atoms with Crippen LogP contribution in [0.15, 0.2) is 122 Å². The number of carboxylic acids is 1. The van der Waals surface area contributed by atoms with Crippen molar-refractivity contribution in [2.75, 3.05) is 65.4 Å². The van der Waals surface area contributed by atoms with E-state index in [1.54, 1.807) is 63.5 Å². The van der Waals surface area contributed by atoms with Crippen molar-refractivity contribution in [1.29, 1.82) is 0 Å². The van der Waals surface area contributed by atoms with Crippen LogP contribution in [-0.4, -0.2) is 204 Å². The first-order chi connectivity index (χ1) is 42.0. The SMILES string of the molecule is C=CCN1CC(C(=O)N[C@@H](Cc2cc(O)cc(F)c2)[C@H](O)[C@H]2CN(Cc3ccccc3)CCN2C(=O)OC(C)(C)C)CC1=O.C=CCN1C[C@@H](C(=O)O)CC1=O.CC(C)(C)OC(=O)N1CCN(Cc2ccccc2)C[C@@H]1[C@@H](O)[C@@H](N)Cc1cc(O)cc(F)c1. The smallest absolute Gasteiger partial charge is 0.410 e. The van der Waals surface area contributed by atoms with Crippen molar-refractivity contribution >= 4 is 35.9 Å². The number of nitrogens with one attached hydrogen (secondary N) is 1. The maximum Gasteiger partial charge on any atom is 0.410 e. The molecule has 23 heteroatoms. The number of phenols is 2. The topological polar surface area (TPSA) is 280 Å². The third-order valence-electron chi connectivity index (χ3n) is 15.4. The third-order valence-corrected chi connectivity index (χ3v) is 15.4. The Morgan fingerprint density at radius 2 is 1.03 bits per heavy atom. The Labute approximate surface area is 519 Å². The van der Waals surface area contributed by atoms with E-state index in [-0.39, 0.29) is 68.6 Å². The van der Waals surface area contributed by atoms with Gasteiger partial charge in [0.25, 0.3) is 0 Å². The van der Waals surface area contributed by atoms with Crippen LogP contribution in [0.3, 0.4) is 0 Å². The molecule has 8 atom stereocenters. The zero-order valence-corrected chi connectivity index (χ0v) is 51.8. The minimum Gasteiger partial charge on any atom is -0.508 e. The molecule has 0 spiro atoms. The molecule has 4 fully saturated rings. The van der Waals surface area contributed by atoms with E-state index in [0.29, 0.717) is 70.0 Å². The van der Waals surface area contributed by atoms with E-state index in [2.05, 4.69) is 28.3 Å². The number of ether oxygens (including phenoxy) is 2. The number of carbonyl (C=O) groups is 6. The molecule has 8 N–H and O–H groups in total. The molecule has 484 valence electrons. The Morgan fingerprint density at radius 1 is 0.618 bits per heavy atom. The summed E-state index contributed by atoms with van der Waals surface area (Å²) in [6.07, 6.45) is -0.0318. The summed E-state index contributed by atoms with van der Waals surface area (Å²) in [6.45, 7) is 22.9. The highest BCUT2D eigenvalue weighted by atomic mass is 19.1. The molecule has 21 nitrogen and oxygen atoms in total. The summed E-state index contributed by atoms with van der Waals surface area (Å²) in [5, 5.41) is 54.4.